The standard InChI is InChI=1S/C13H10ClIN2O2/c1-19-12-7-11(15)10(14)6-9(12)13(18)17-8-2-4-16-5-3-8/h2-7H,1H3,(H,16,17,18). The highest BCUT2D eigenvalue weighted by Gasteiger charge is 2.15. The maximum Gasteiger partial charge on any atom is 0.259 e. The van der Waals surface area contributed by atoms with Gasteiger partial charge >= 0.3 is 0 Å². The fraction of sp³-hybridized carbons (Fsp3) is 0.0769. The van der Waals surface area contributed by atoms with Gasteiger partial charge in [0.2, 0.25) is 0 Å². The Hall–Kier alpha value is -1.34. The molecule has 0 saturated carbocycles. The monoisotopic (exact) mass is 388 g/mol. The van der Waals surface area contributed by atoms with Gasteiger partial charge in [-0.3, -0.25) is 9.78 Å². The largest absolute Gasteiger partial charge is 0.496 e. The van der Waals surface area contributed by atoms with Crippen LogP contribution in [-0.4, -0.2) is 18.0 Å². The smallest absolute Gasteiger partial charge is 0.259 e. The van der Waals surface area contributed by atoms with E-state index in [4.69, 9.17) is 16.3 Å². The van der Waals surface area contributed by atoms with Crippen LogP contribution in [0.1, 0.15) is 10.4 Å². The van der Waals surface area contributed by atoms with Crippen LogP contribution in [0.2, 0.25) is 5.02 Å². The Morgan fingerprint density at radius 1 is 1.37 bits per heavy atom. The van der Waals surface area contributed by atoms with Gasteiger partial charge < -0.3 is 10.1 Å². The third-order valence-corrected chi connectivity index (χ3v) is 3.95. The van der Waals surface area contributed by atoms with E-state index in [2.05, 4.69) is 32.9 Å². The number of ether oxygens (including phenoxy) is 1. The molecule has 0 fully saturated rings. The van der Waals surface area contributed by atoms with Gasteiger partial charge in [0.1, 0.15) is 5.75 Å². The van der Waals surface area contributed by atoms with Crippen molar-refractivity contribution >= 4 is 45.8 Å². The van der Waals surface area contributed by atoms with Gasteiger partial charge in [0.15, 0.2) is 0 Å². The number of pyridine rings is 1. The van der Waals surface area contributed by atoms with Gasteiger partial charge in [-0.15, -0.1) is 0 Å². The van der Waals surface area contributed by atoms with E-state index in [0.29, 0.717) is 22.0 Å². The number of nitrogens with zero attached hydrogens (tertiary/aromatic N) is 1. The first kappa shape index (κ1) is 14.1. The second-order valence-electron chi connectivity index (χ2n) is 3.66. The van der Waals surface area contributed by atoms with Crippen LogP contribution in [0.4, 0.5) is 5.69 Å². The van der Waals surface area contributed by atoms with Crippen molar-refractivity contribution in [1.82, 2.24) is 4.98 Å². The van der Waals surface area contributed by atoms with E-state index >= 15 is 0 Å². The summed E-state index contributed by atoms with van der Waals surface area (Å²) in [5.41, 5.74) is 1.06. The van der Waals surface area contributed by atoms with Gasteiger partial charge in [0.05, 0.1) is 17.7 Å². The molecule has 0 saturated heterocycles. The van der Waals surface area contributed by atoms with E-state index in [1.165, 1.54) is 7.11 Å². The number of hydrogen-bond acceptors (Lipinski definition) is 3. The van der Waals surface area contributed by atoms with Gasteiger partial charge in [0, 0.05) is 21.7 Å². The zero-order chi connectivity index (χ0) is 13.8. The molecule has 0 radical (unpaired) electrons. The molecule has 0 atom stereocenters. The predicted molar refractivity (Wildman–Crippen MR) is 82.9 cm³/mol. The quantitative estimate of drug-likeness (QED) is 0.818. The maximum atomic E-state index is 12.2. The highest BCUT2D eigenvalue weighted by molar-refractivity contribution is 14.1. The van der Waals surface area contributed by atoms with Crippen molar-refractivity contribution in [3.8, 4) is 5.75 Å². The van der Waals surface area contributed by atoms with Crippen LogP contribution in [0.5, 0.6) is 5.75 Å². The summed E-state index contributed by atoms with van der Waals surface area (Å²) in [6.45, 7) is 0. The molecule has 0 unspecified atom stereocenters. The topological polar surface area (TPSA) is 51.2 Å². The fourth-order valence-electron chi connectivity index (χ4n) is 1.51. The van der Waals surface area contributed by atoms with E-state index in [1.807, 2.05) is 0 Å². The van der Waals surface area contributed by atoms with Crippen LogP contribution < -0.4 is 10.1 Å². The zero-order valence-corrected chi connectivity index (χ0v) is 12.9. The second-order valence-corrected chi connectivity index (χ2v) is 5.23. The summed E-state index contributed by atoms with van der Waals surface area (Å²) in [6.07, 6.45) is 3.21. The van der Waals surface area contributed by atoms with Crippen molar-refractivity contribution in [2.45, 2.75) is 0 Å². The fourth-order valence-corrected chi connectivity index (χ4v) is 2.11. The van der Waals surface area contributed by atoms with E-state index in [9.17, 15) is 4.79 Å². The Morgan fingerprint density at radius 2 is 2.05 bits per heavy atom. The normalized spacial score (nSPS) is 10.1. The highest BCUT2D eigenvalue weighted by Crippen LogP contribution is 2.28. The Labute approximate surface area is 129 Å². The Balaban J connectivity index is 2.31. The molecule has 4 nitrogen and oxygen atoms in total. The Bertz CT molecular complexity index is 605. The van der Waals surface area contributed by atoms with Crippen LogP contribution in [0, 0.1) is 3.57 Å². The number of methoxy groups -OCH3 is 1. The minimum atomic E-state index is -0.277. The highest BCUT2D eigenvalue weighted by atomic mass is 127. The number of rotatable bonds is 3. The molecular weight excluding hydrogens is 379 g/mol. The number of carbonyl (C=O) groups excluding carboxylic acids is 1. The zero-order valence-electron chi connectivity index (χ0n) is 9.98. The Kier molecular flexibility index (Phi) is 4.60. The molecule has 1 amide bonds. The molecule has 0 aliphatic rings. The van der Waals surface area contributed by atoms with Crippen molar-refractivity contribution < 1.29 is 9.53 Å². The molecule has 98 valence electrons. The first-order chi connectivity index (χ1) is 9.11. The molecule has 1 aromatic carbocycles. The van der Waals surface area contributed by atoms with Crippen molar-refractivity contribution in [3.05, 3.63) is 50.8 Å². The lowest BCUT2D eigenvalue weighted by Gasteiger charge is -2.10. The van der Waals surface area contributed by atoms with Crippen LogP contribution in [-0.2, 0) is 0 Å². The summed E-state index contributed by atoms with van der Waals surface area (Å²) in [5, 5.41) is 3.27. The molecule has 0 aliphatic heterocycles. The molecule has 2 rings (SSSR count). The summed E-state index contributed by atoms with van der Waals surface area (Å²) in [6, 6.07) is 6.74. The van der Waals surface area contributed by atoms with Crippen LogP contribution in [0.15, 0.2) is 36.7 Å². The lowest BCUT2D eigenvalue weighted by molar-refractivity contribution is 0.102. The predicted octanol–water partition coefficient (Wildman–Crippen LogP) is 3.60. The third-order valence-electron chi connectivity index (χ3n) is 2.43. The second kappa shape index (κ2) is 6.21. The summed E-state index contributed by atoms with van der Waals surface area (Å²) >= 11 is 8.12. The number of nitrogens with one attached hydrogen (secondary N) is 1. The number of carbonyl (C=O) groups is 1. The summed E-state index contributed by atoms with van der Waals surface area (Å²) in [4.78, 5) is 16.1. The molecule has 19 heavy (non-hydrogen) atoms. The SMILES string of the molecule is COc1cc(I)c(Cl)cc1C(=O)Nc1ccncc1. The molecule has 1 aromatic heterocycles. The van der Waals surface area contributed by atoms with Crippen molar-refractivity contribution in [2.24, 2.45) is 0 Å². The first-order valence-corrected chi connectivity index (χ1v) is 6.82. The van der Waals surface area contributed by atoms with Gasteiger partial charge in [0.25, 0.3) is 5.91 Å². The maximum absolute atomic E-state index is 12.2. The lowest BCUT2D eigenvalue weighted by atomic mass is 10.2. The molecule has 6 heteroatoms. The number of hydrogen-bond donors (Lipinski definition) is 1. The molecule has 1 N–H and O–H groups in total. The summed E-state index contributed by atoms with van der Waals surface area (Å²) < 4.78 is 6.03. The van der Waals surface area contributed by atoms with Gasteiger partial charge in [-0.2, -0.15) is 0 Å². The number of anilines is 1. The average molecular weight is 389 g/mol. The Morgan fingerprint density at radius 3 is 2.68 bits per heavy atom. The van der Waals surface area contributed by atoms with Gasteiger partial charge in [-0.1, -0.05) is 11.6 Å². The van der Waals surface area contributed by atoms with Crippen LogP contribution in [0.25, 0.3) is 0 Å². The average Bonchev–Trinajstić information content (AvgIpc) is 2.42. The molecule has 0 bridgehead atoms. The molecule has 0 spiro atoms. The summed E-state index contributed by atoms with van der Waals surface area (Å²) in [7, 11) is 1.52. The minimum absolute atomic E-state index is 0.277. The molecule has 0 aliphatic carbocycles. The molecular formula is C13H10ClIN2O2. The van der Waals surface area contributed by atoms with E-state index < -0.39 is 0 Å². The number of halogens is 2. The number of aromatic nitrogens is 1. The van der Waals surface area contributed by atoms with E-state index in [1.54, 1.807) is 36.7 Å². The van der Waals surface area contributed by atoms with Gasteiger partial charge in [-0.25, -0.2) is 0 Å². The van der Waals surface area contributed by atoms with Crippen molar-refractivity contribution in [2.75, 3.05) is 12.4 Å². The minimum Gasteiger partial charge on any atom is -0.496 e. The number of amides is 1. The van der Waals surface area contributed by atoms with Crippen LogP contribution in [0.3, 0.4) is 0 Å². The van der Waals surface area contributed by atoms with Crippen molar-refractivity contribution in [3.63, 3.8) is 0 Å². The summed E-state index contributed by atoms with van der Waals surface area (Å²) in [5.74, 6) is 0.210. The van der Waals surface area contributed by atoms with Crippen molar-refractivity contribution in [1.29, 1.82) is 0 Å². The van der Waals surface area contributed by atoms with E-state index in [-0.39, 0.29) is 5.91 Å². The number of benzene rings is 1. The third kappa shape index (κ3) is 3.36. The van der Waals surface area contributed by atoms with Gasteiger partial charge in [-0.05, 0) is 46.9 Å². The van der Waals surface area contributed by atoms with E-state index in [0.717, 1.165) is 3.57 Å². The molecule has 1 heterocycles. The first-order valence-electron chi connectivity index (χ1n) is 5.36. The lowest BCUT2D eigenvalue weighted by Crippen LogP contribution is -2.13. The van der Waals surface area contributed by atoms with Crippen LogP contribution >= 0.6 is 34.2 Å². The molecule has 2 aromatic rings.